The zero-order valence-electron chi connectivity index (χ0n) is 29.5. The van der Waals surface area contributed by atoms with Crippen molar-refractivity contribution in [2.24, 2.45) is 0 Å². The van der Waals surface area contributed by atoms with Gasteiger partial charge in [-0.05, 0) is 41.2 Å². The van der Waals surface area contributed by atoms with Crippen LogP contribution in [0.4, 0.5) is 10.6 Å². The monoisotopic (exact) mass is 866 g/mol. The number of benzene rings is 2. The largest absolute Gasteiger partial charge is 0.488 e. The second-order valence-corrected chi connectivity index (χ2v) is 20.2. The number of phosphoric acid groups is 2. The molecule has 21 nitrogen and oxygen atoms in total. The van der Waals surface area contributed by atoms with E-state index in [2.05, 4.69) is 23.4 Å². The minimum atomic E-state index is -5.91. The molecule has 308 valence electrons. The lowest BCUT2D eigenvalue weighted by Crippen LogP contribution is -2.28. The number of hydrogen-bond donors (Lipinski definition) is 7. The van der Waals surface area contributed by atoms with Gasteiger partial charge in [0.05, 0.1) is 19.3 Å². The van der Waals surface area contributed by atoms with Gasteiger partial charge in [0, 0.05) is 25.1 Å². The number of carbonyl (C=O) groups excluding carboxylic acids is 1. The number of anilines is 1. The van der Waals surface area contributed by atoms with E-state index in [4.69, 9.17) is 19.7 Å². The van der Waals surface area contributed by atoms with Crippen LogP contribution in [0.1, 0.15) is 55.4 Å². The Kier molecular flexibility index (Phi) is 14.7. The zero-order valence-corrected chi connectivity index (χ0v) is 33.1. The Morgan fingerprint density at radius 3 is 2.16 bits per heavy atom. The van der Waals surface area contributed by atoms with Gasteiger partial charge in [0.15, 0.2) is 5.90 Å². The number of nitrogens with one attached hydrogen (secondary N) is 1. The number of ether oxygens (including phenoxy) is 2. The fraction of sp³-hybridized carbons (Fsp3) is 0.452. The lowest BCUT2D eigenvalue weighted by Gasteiger charge is -2.21. The number of nitrogens with two attached hydrogens (primary N) is 1. The maximum atomic E-state index is 12.4. The average Bonchev–Trinajstić information content (AvgIpc) is 3.62. The number of amides is 1. The molecule has 25 heteroatoms. The second-order valence-electron chi connectivity index (χ2n) is 12.8. The quantitative estimate of drug-likeness (QED) is 0.0619. The molecule has 56 heavy (non-hydrogen) atoms. The molecular weight excluding hydrogens is 824 g/mol. The summed E-state index contributed by atoms with van der Waals surface area (Å²) in [5.74, 6) is -1.81. The van der Waals surface area contributed by atoms with E-state index in [9.17, 15) is 52.5 Å². The van der Waals surface area contributed by atoms with Crippen molar-refractivity contribution in [3.8, 4) is 11.1 Å². The number of nitrogens with zero attached hydrogens (tertiary/aromatic N) is 2. The first-order valence-electron chi connectivity index (χ1n) is 17.1. The molecule has 1 fully saturated rings. The van der Waals surface area contributed by atoms with Crippen molar-refractivity contribution in [3.05, 3.63) is 82.4 Å². The Labute approximate surface area is 320 Å². The number of fused-ring (bicyclic) bond motifs is 3. The molecular formula is C31H42N4O17P4. The molecule has 1 saturated heterocycles. The maximum Gasteiger partial charge on any atom is 0.488 e. The second kappa shape index (κ2) is 18.7. The van der Waals surface area contributed by atoms with Crippen molar-refractivity contribution < 1.29 is 74.9 Å². The average molecular weight is 867 g/mol. The summed E-state index contributed by atoms with van der Waals surface area (Å²) < 4.78 is 78.8. The lowest BCUT2D eigenvalue weighted by molar-refractivity contribution is -0.0449. The van der Waals surface area contributed by atoms with Gasteiger partial charge in [0.1, 0.15) is 24.8 Å². The highest BCUT2D eigenvalue weighted by Gasteiger charge is 2.45. The van der Waals surface area contributed by atoms with E-state index in [1.54, 1.807) is 0 Å². The van der Waals surface area contributed by atoms with Crippen LogP contribution in [0.5, 0.6) is 0 Å². The summed E-state index contributed by atoms with van der Waals surface area (Å²) in [5.41, 5.74) is 9.04. The molecule has 1 amide bonds. The number of unbranched alkanes of at least 4 members (excludes halogenated alkanes) is 3. The van der Waals surface area contributed by atoms with E-state index in [1.165, 1.54) is 12.3 Å². The summed E-state index contributed by atoms with van der Waals surface area (Å²) in [6, 6.07) is 17.2. The molecule has 2 aliphatic rings. The molecule has 1 aliphatic carbocycles. The summed E-state index contributed by atoms with van der Waals surface area (Å²) in [4.78, 5) is 67.7. The Bertz CT molecular complexity index is 2080. The van der Waals surface area contributed by atoms with Gasteiger partial charge < -0.3 is 49.7 Å². The van der Waals surface area contributed by atoms with Crippen molar-refractivity contribution in [2.45, 2.75) is 56.5 Å². The van der Waals surface area contributed by atoms with Crippen LogP contribution in [-0.4, -0.2) is 84.8 Å². The van der Waals surface area contributed by atoms with Gasteiger partial charge in [0.25, 0.3) is 0 Å². The summed E-state index contributed by atoms with van der Waals surface area (Å²) in [7, 11) is -21.8. The van der Waals surface area contributed by atoms with Gasteiger partial charge in [-0.25, -0.2) is 23.0 Å². The van der Waals surface area contributed by atoms with Crippen molar-refractivity contribution in [1.82, 2.24) is 14.9 Å². The third kappa shape index (κ3) is 12.5. The van der Waals surface area contributed by atoms with Crippen LogP contribution in [0.15, 0.2) is 65.6 Å². The Morgan fingerprint density at radius 2 is 1.50 bits per heavy atom. The molecule has 2 aromatic carbocycles. The van der Waals surface area contributed by atoms with Crippen LogP contribution in [-0.2, 0) is 45.4 Å². The molecule has 5 rings (SSSR count). The van der Waals surface area contributed by atoms with Gasteiger partial charge in [-0.2, -0.15) is 9.29 Å². The zero-order chi connectivity index (χ0) is 40.7. The first kappa shape index (κ1) is 44.0. The van der Waals surface area contributed by atoms with E-state index in [1.807, 2.05) is 48.5 Å². The maximum absolute atomic E-state index is 12.4. The first-order valence-corrected chi connectivity index (χ1v) is 23.6. The van der Waals surface area contributed by atoms with Gasteiger partial charge in [0.2, 0.25) is 0 Å². The van der Waals surface area contributed by atoms with Crippen LogP contribution in [0.2, 0.25) is 0 Å². The van der Waals surface area contributed by atoms with E-state index in [-0.39, 0.29) is 37.8 Å². The van der Waals surface area contributed by atoms with Crippen LogP contribution >= 0.6 is 30.8 Å². The molecule has 0 saturated carbocycles. The lowest BCUT2D eigenvalue weighted by atomic mass is 9.98. The van der Waals surface area contributed by atoms with Crippen molar-refractivity contribution in [1.29, 1.82) is 0 Å². The Balaban J connectivity index is 0.951. The molecule has 2 heterocycles. The Morgan fingerprint density at radius 1 is 0.857 bits per heavy atom. The number of alkyl carbamates (subject to hydrolysis) is 1. The fourth-order valence-corrected chi connectivity index (χ4v) is 12.6. The number of rotatable bonds is 20. The molecule has 7 atom stereocenters. The molecule has 3 aromatic rings. The van der Waals surface area contributed by atoms with Crippen LogP contribution in [0.25, 0.3) is 11.1 Å². The fourth-order valence-electron chi connectivity index (χ4n) is 6.10. The summed E-state index contributed by atoms with van der Waals surface area (Å²) in [6.07, 6.45) is -1.46. The molecule has 1 aromatic heterocycles. The molecule has 0 bridgehead atoms. The van der Waals surface area contributed by atoms with E-state index in [0.717, 1.165) is 26.8 Å². The summed E-state index contributed by atoms with van der Waals surface area (Å²) in [5, 5.41) is 12.9. The van der Waals surface area contributed by atoms with Gasteiger partial charge in [-0.3, -0.25) is 18.2 Å². The number of aliphatic hydroxyl groups is 1. The van der Waals surface area contributed by atoms with Crippen molar-refractivity contribution in [3.63, 3.8) is 0 Å². The van der Waals surface area contributed by atoms with E-state index >= 15 is 0 Å². The topological polar surface area (TPSA) is 315 Å². The minimum Gasteiger partial charge on any atom is -0.449 e. The first-order chi connectivity index (χ1) is 26.3. The number of hydrogen-bond acceptors (Lipinski definition) is 15. The molecule has 0 radical (unpaired) electrons. The third-order valence-electron chi connectivity index (χ3n) is 8.54. The highest BCUT2D eigenvalue weighted by atomic mass is 31.3. The Hall–Kier alpha value is -3.09. The predicted octanol–water partition coefficient (Wildman–Crippen LogP) is 4.17. The molecule has 4 unspecified atom stereocenters. The van der Waals surface area contributed by atoms with Crippen molar-refractivity contribution >= 4 is 42.7 Å². The van der Waals surface area contributed by atoms with Crippen LogP contribution < -0.4 is 16.7 Å². The van der Waals surface area contributed by atoms with Gasteiger partial charge in [-0.1, -0.05) is 61.4 Å². The standard InChI is InChI=1S/C31H42N4O17P4/c32-28-13-15-35(30(37)34-28)29-17-26(36)27(50-29)19-49-55(43,44)52-56(45,46)51-54(41,42)20-53(39,40)48-16-8-2-1-7-14-33-31(38)47-18-25-23-11-5-3-9-21(23)22-10-4-6-12-24(22)25/h3-6,9-13,15,25-27,29,36H,1-2,7-8,14,16-20H2,(H,33,38)(H,39,40)(H,41,42)(H,43,44)(H,45,46)(H2,32,34,37)/t26-,27-,29-/m1/s1. The van der Waals surface area contributed by atoms with Crippen LogP contribution in [0.3, 0.4) is 0 Å². The summed E-state index contributed by atoms with van der Waals surface area (Å²) >= 11 is 0. The third-order valence-corrected chi connectivity index (χ3v) is 16.0. The SMILES string of the molecule is Nc1ccn([C@H]2C[C@@H](O)[C@@H](COP(=O)(O)OP(=O)(O)OP(=O)(O)CP(=O)(O)OCCCCCCNC(=O)OCC3c4ccccc4-c4ccccc43)O2)c(=O)n1. The molecule has 1 aliphatic heterocycles. The van der Waals surface area contributed by atoms with Crippen molar-refractivity contribution in [2.75, 3.05) is 38.0 Å². The van der Waals surface area contributed by atoms with Gasteiger partial charge >= 0.3 is 42.6 Å². The minimum absolute atomic E-state index is 0.0661. The summed E-state index contributed by atoms with van der Waals surface area (Å²) in [6.45, 7) is -0.796. The highest BCUT2D eigenvalue weighted by molar-refractivity contribution is 7.75. The number of phosphoric ester groups is 1. The number of aromatic nitrogens is 2. The normalized spacial score (nSPS) is 22.2. The number of aliphatic hydroxyl groups excluding tert-OH is 1. The smallest absolute Gasteiger partial charge is 0.449 e. The highest BCUT2D eigenvalue weighted by Crippen LogP contribution is 2.70. The number of nitrogen functional groups attached to an aromatic ring is 1. The van der Waals surface area contributed by atoms with Crippen LogP contribution in [0, 0.1) is 0 Å². The molecule has 8 N–H and O–H groups in total. The predicted molar refractivity (Wildman–Crippen MR) is 197 cm³/mol. The molecule has 0 spiro atoms. The number of carbonyl (C=O) groups is 1. The van der Waals surface area contributed by atoms with E-state index < -0.39 is 73.6 Å². The van der Waals surface area contributed by atoms with E-state index in [0.29, 0.717) is 25.8 Å². The van der Waals surface area contributed by atoms with Gasteiger partial charge in [-0.15, -0.1) is 0 Å².